The van der Waals surface area contributed by atoms with Gasteiger partial charge in [0.25, 0.3) is 0 Å². The molecule has 1 amide bonds. The minimum atomic E-state index is -0.380. The molecule has 0 spiro atoms. The van der Waals surface area contributed by atoms with Crippen molar-refractivity contribution in [3.63, 3.8) is 0 Å². The van der Waals surface area contributed by atoms with Gasteiger partial charge < -0.3 is 10.0 Å². The molecule has 1 aliphatic heterocycles. The number of amides is 1. The lowest BCUT2D eigenvalue weighted by Gasteiger charge is -2.33. The summed E-state index contributed by atoms with van der Waals surface area (Å²) in [5.41, 5.74) is 0.718. The fourth-order valence-corrected chi connectivity index (χ4v) is 3.79. The SMILES string of the molecule is CC(O)C1CCCN(C(=O)/C=C/c2c(Cl)nc3sccn23)C1. The molecule has 5 nitrogen and oxygen atoms in total. The number of carbonyl (C=O) groups excluding carboxylic acids is 1. The van der Waals surface area contributed by atoms with Gasteiger partial charge in [0.15, 0.2) is 10.1 Å². The van der Waals surface area contributed by atoms with E-state index in [4.69, 9.17) is 11.6 Å². The van der Waals surface area contributed by atoms with E-state index >= 15 is 0 Å². The molecule has 1 aliphatic rings. The Balaban J connectivity index is 1.73. The van der Waals surface area contributed by atoms with Crippen LogP contribution in [0.4, 0.5) is 0 Å². The van der Waals surface area contributed by atoms with Gasteiger partial charge in [-0.15, -0.1) is 11.3 Å². The van der Waals surface area contributed by atoms with Crippen molar-refractivity contribution in [2.24, 2.45) is 5.92 Å². The summed E-state index contributed by atoms with van der Waals surface area (Å²) in [5, 5.41) is 12.0. The normalized spacial score (nSPS) is 20.9. The molecule has 2 aromatic heterocycles. The highest BCUT2D eigenvalue weighted by Gasteiger charge is 2.25. The second kappa shape index (κ2) is 6.40. The summed E-state index contributed by atoms with van der Waals surface area (Å²) < 4.78 is 1.87. The second-order valence-electron chi connectivity index (χ2n) is 5.60. The molecule has 1 fully saturated rings. The minimum absolute atomic E-state index is 0.0494. The highest BCUT2D eigenvalue weighted by atomic mass is 35.5. The van der Waals surface area contributed by atoms with Gasteiger partial charge in [-0.3, -0.25) is 9.20 Å². The average molecular weight is 340 g/mol. The van der Waals surface area contributed by atoms with Gasteiger partial charge >= 0.3 is 0 Å². The van der Waals surface area contributed by atoms with Crippen LogP contribution in [0.2, 0.25) is 5.15 Å². The topological polar surface area (TPSA) is 57.8 Å². The predicted molar refractivity (Wildman–Crippen MR) is 88.1 cm³/mol. The van der Waals surface area contributed by atoms with E-state index in [1.165, 1.54) is 17.4 Å². The van der Waals surface area contributed by atoms with Crippen molar-refractivity contribution in [2.45, 2.75) is 25.9 Å². The van der Waals surface area contributed by atoms with Crippen LogP contribution in [0.1, 0.15) is 25.5 Å². The first-order valence-corrected chi connectivity index (χ1v) is 8.58. The van der Waals surface area contributed by atoms with Crippen LogP contribution >= 0.6 is 22.9 Å². The predicted octanol–water partition coefficient (Wildman–Crippen LogP) is 2.68. The molecule has 22 heavy (non-hydrogen) atoms. The summed E-state index contributed by atoms with van der Waals surface area (Å²) in [6.07, 6.45) is 6.65. The van der Waals surface area contributed by atoms with Crippen molar-refractivity contribution in [1.82, 2.24) is 14.3 Å². The lowest BCUT2D eigenvalue weighted by atomic mass is 9.93. The lowest BCUT2D eigenvalue weighted by molar-refractivity contribution is -0.128. The van der Waals surface area contributed by atoms with Crippen LogP contribution in [0.15, 0.2) is 17.7 Å². The maximum absolute atomic E-state index is 12.3. The highest BCUT2D eigenvalue weighted by Crippen LogP contribution is 2.23. The van der Waals surface area contributed by atoms with E-state index in [1.807, 2.05) is 16.0 Å². The summed E-state index contributed by atoms with van der Waals surface area (Å²) >= 11 is 7.61. The van der Waals surface area contributed by atoms with Crippen molar-refractivity contribution in [3.8, 4) is 0 Å². The number of fused-ring (bicyclic) bond motifs is 1. The molecule has 1 N–H and O–H groups in total. The summed E-state index contributed by atoms with van der Waals surface area (Å²) in [7, 11) is 0. The molecule has 118 valence electrons. The van der Waals surface area contributed by atoms with Gasteiger partial charge in [-0.25, -0.2) is 4.98 Å². The number of hydrogen-bond acceptors (Lipinski definition) is 4. The van der Waals surface area contributed by atoms with E-state index in [9.17, 15) is 9.90 Å². The number of hydrogen-bond donors (Lipinski definition) is 1. The van der Waals surface area contributed by atoms with Crippen LogP contribution in [0.25, 0.3) is 11.0 Å². The van der Waals surface area contributed by atoms with Crippen molar-refractivity contribution in [3.05, 3.63) is 28.5 Å². The fraction of sp³-hybridized carbons (Fsp3) is 0.467. The number of nitrogens with zero attached hydrogens (tertiary/aromatic N) is 3. The molecule has 3 heterocycles. The number of halogens is 1. The summed E-state index contributed by atoms with van der Waals surface area (Å²) in [4.78, 5) is 19.2. The molecule has 0 aromatic carbocycles. The number of carbonyl (C=O) groups is 1. The first-order chi connectivity index (χ1) is 10.6. The quantitative estimate of drug-likeness (QED) is 0.875. The Bertz CT molecular complexity index is 707. The molecular weight excluding hydrogens is 322 g/mol. The van der Waals surface area contributed by atoms with Crippen LogP contribution in [0, 0.1) is 5.92 Å². The zero-order valence-corrected chi connectivity index (χ0v) is 13.8. The fourth-order valence-electron chi connectivity index (χ4n) is 2.79. The standard InChI is InChI=1S/C15H18ClN3O2S/c1-10(20)11-3-2-6-18(9-11)13(21)5-4-12-14(16)17-15-19(12)7-8-22-15/h4-5,7-8,10-11,20H,2-3,6,9H2,1H3/b5-4+. The Morgan fingerprint density at radius 3 is 3.23 bits per heavy atom. The molecule has 0 saturated carbocycles. The van der Waals surface area contributed by atoms with Crippen LogP contribution in [0.5, 0.6) is 0 Å². The van der Waals surface area contributed by atoms with E-state index < -0.39 is 0 Å². The number of imidazole rings is 1. The minimum Gasteiger partial charge on any atom is -0.393 e. The summed E-state index contributed by atoms with van der Waals surface area (Å²) in [6.45, 7) is 3.13. The smallest absolute Gasteiger partial charge is 0.246 e. The molecule has 2 aromatic rings. The van der Waals surface area contributed by atoms with Crippen LogP contribution < -0.4 is 0 Å². The summed E-state index contributed by atoms with van der Waals surface area (Å²) in [5.74, 6) is 0.111. The second-order valence-corrected chi connectivity index (χ2v) is 6.83. The van der Waals surface area contributed by atoms with E-state index in [0.29, 0.717) is 11.7 Å². The number of aliphatic hydroxyl groups is 1. The van der Waals surface area contributed by atoms with Gasteiger partial charge in [-0.2, -0.15) is 0 Å². The van der Waals surface area contributed by atoms with Crippen LogP contribution in [-0.2, 0) is 4.79 Å². The number of rotatable bonds is 3. The third-order valence-electron chi connectivity index (χ3n) is 4.09. The van der Waals surface area contributed by atoms with Gasteiger partial charge in [0.2, 0.25) is 5.91 Å². The maximum Gasteiger partial charge on any atom is 0.246 e. The van der Waals surface area contributed by atoms with Gasteiger partial charge in [0.05, 0.1) is 11.8 Å². The Morgan fingerprint density at radius 2 is 2.45 bits per heavy atom. The Morgan fingerprint density at radius 1 is 1.64 bits per heavy atom. The molecule has 0 aliphatic carbocycles. The maximum atomic E-state index is 12.3. The third kappa shape index (κ3) is 3.04. The monoisotopic (exact) mass is 339 g/mol. The van der Waals surface area contributed by atoms with Gasteiger partial charge in [-0.05, 0) is 25.8 Å². The van der Waals surface area contributed by atoms with Crippen LogP contribution in [-0.4, -0.2) is 44.5 Å². The summed E-state index contributed by atoms with van der Waals surface area (Å²) in [6, 6.07) is 0. The first kappa shape index (κ1) is 15.5. The van der Waals surface area contributed by atoms with Crippen molar-refractivity contribution < 1.29 is 9.90 Å². The van der Waals surface area contributed by atoms with Crippen molar-refractivity contribution in [2.75, 3.05) is 13.1 Å². The molecule has 3 rings (SSSR count). The van der Waals surface area contributed by atoms with Crippen molar-refractivity contribution in [1.29, 1.82) is 0 Å². The van der Waals surface area contributed by atoms with Crippen LogP contribution in [0.3, 0.4) is 0 Å². The van der Waals surface area contributed by atoms with Gasteiger partial charge in [0, 0.05) is 36.7 Å². The number of thiazole rings is 1. The number of likely N-dealkylation sites (tertiary alicyclic amines) is 1. The average Bonchev–Trinajstić information content (AvgIpc) is 3.06. The molecule has 7 heteroatoms. The molecule has 2 atom stereocenters. The number of aromatic nitrogens is 2. The van der Waals surface area contributed by atoms with E-state index in [-0.39, 0.29) is 17.9 Å². The van der Waals surface area contributed by atoms with Gasteiger partial charge in [0.1, 0.15) is 0 Å². The number of piperidine rings is 1. The molecule has 0 radical (unpaired) electrons. The lowest BCUT2D eigenvalue weighted by Crippen LogP contribution is -2.42. The molecule has 0 bridgehead atoms. The highest BCUT2D eigenvalue weighted by molar-refractivity contribution is 7.15. The van der Waals surface area contributed by atoms with E-state index in [0.717, 1.165) is 30.0 Å². The Kier molecular flexibility index (Phi) is 4.52. The number of aliphatic hydroxyl groups excluding tert-OH is 1. The zero-order valence-electron chi connectivity index (χ0n) is 12.3. The van der Waals surface area contributed by atoms with Crippen molar-refractivity contribution >= 4 is 39.9 Å². The molecular formula is C15H18ClN3O2S. The first-order valence-electron chi connectivity index (χ1n) is 7.32. The van der Waals surface area contributed by atoms with E-state index in [2.05, 4.69) is 4.98 Å². The van der Waals surface area contributed by atoms with E-state index in [1.54, 1.807) is 17.9 Å². The van der Waals surface area contributed by atoms with Gasteiger partial charge in [-0.1, -0.05) is 11.6 Å². The third-order valence-corrected chi connectivity index (χ3v) is 5.12. The Hall–Kier alpha value is -1.37. The zero-order chi connectivity index (χ0) is 15.7. The molecule has 1 saturated heterocycles. The largest absolute Gasteiger partial charge is 0.393 e. The molecule has 2 unspecified atom stereocenters. The Labute approximate surface area is 137 Å².